The molecule has 0 spiro atoms. The van der Waals surface area contributed by atoms with Gasteiger partial charge in [-0.3, -0.25) is 0 Å². The fraction of sp³-hybridized carbons (Fsp3) is 0.375. The van der Waals surface area contributed by atoms with Gasteiger partial charge in [0.05, 0.1) is 17.8 Å². The van der Waals surface area contributed by atoms with Crippen molar-refractivity contribution in [2.24, 2.45) is 0 Å². The van der Waals surface area contributed by atoms with E-state index in [1.165, 1.54) is 0 Å². The Morgan fingerprint density at radius 2 is 2.14 bits per heavy atom. The Balaban J connectivity index is 1.71. The van der Waals surface area contributed by atoms with Crippen LogP contribution in [-0.4, -0.2) is 24.7 Å². The molecule has 1 heterocycles. The number of para-hydroxylation sites is 1. The SMILES string of the molecule is CCc1nc(CCNC(=O)NCc2ccccc2OC)cs1. The lowest BCUT2D eigenvalue weighted by Crippen LogP contribution is -2.36. The zero-order valence-electron chi connectivity index (χ0n) is 12.9. The number of urea groups is 1. The first-order valence-electron chi connectivity index (χ1n) is 7.29. The summed E-state index contributed by atoms with van der Waals surface area (Å²) in [7, 11) is 1.62. The Hall–Kier alpha value is -2.08. The molecule has 2 rings (SSSR count). The molecule has 2 N–H and O–H groups in total. The number of carbonyl (C=O) groups is 1. The molecule has 0 atom stereocenters. The zero-order valence-corrected chi connectivity index (χ0v) is 13.7. The van der Waals surface area contributed by atoms with Crippen LogP contribution in [0.5, 0.6) is 5.75 Å². The van der Waals surface area contributed by atoms with Crippen LogP contribution < -0.4 is 15.4 Å². The van der Waals surface area contributed by atoms with Crippen molar-refractivity contribution in [3.8, 4) is 5.75 Å². The number of thiazole rings is 1. The molecule has 0 unspecified atom stereocenters. The highest BCUT2D eigenvalue weighted by molar-refractivity contribution is 7.09. The van der Waals surface area contributed by atoms with Crippen molar-refractivity contribution >= 4 is 17.4 Å². The third-order valence-corrected chi connectivity index (χ3v) is 4.24. The Kier molecular flexibility index (Phi) is 6.21. The Bertz CT molecular complexity index is 613. The summed E-state index contributed by atoms with van der Waals surface area (Å²) in [6.07, 6.45) is 1.70. The first kappa shape index (κ1) is 16.3. The van der Waals surface area contributed by atoms with Gasteiger partial charge in [0, 0.05) is 30.5 Å². The van der Waals surface area contributed by atoms with E-state index in [1.54, 1.807) is 18.4 Å². The van der Waals surface area contributed by atoms with E-state index < -0.39 is 0 Å². The second-order valence-corrected chi connectivity index (χ2v) is 5.70. The van der Waals surface area contributed by atoms with Crippen LogP contribution in [0.2, 0.25) is 0 Å². The predicted molar refractivity (Wildman–Crippen MR) is 88.4 cm³/mol. The van der Waals surface area contributed by atoms with Crippen molar-refractivity contribution in [1.29, 1.82) is 0 Å². The summed E-state index contributed by atoms with van der Waals surface area (Å²) in [6, 6.07) is 7.45. The molecule has 1 aromatic carbocycles. The maximum Gasteiger partial charge on any atom is 0.315 e. The average Bonchev–Trinajstić information content (AvgIpc) is 3.01. The van der Waals surface area contributed by atoms with Gasteiger partial charge < -0.3 is 15.4 Å². The highest BCUT2D eigenvalue weighted by Crippen LogP contribution is 2.16. The second-order valence-electron chi connectivity index (χ2n) is 4.76. The number of amides is 2. The van der Waals surface area contributed by atoms with Gasteiger partial charge >= 0.3 is 6.03 Å². The fourth-order valence-electron chi connectivity index (χ4n) is 2.02. The van der Waals surface area contributed by atoms with Crippen LogP contribution in [0.1, 0.15) is 23.2 Å². The van der Waals surface area contributed by atoms with Gasteiger partial charge in [-0.15, -0.1) is 11.3 Å². The number of hydrogen-bond acceptors (Lipinski definition) is 4. The molecule has 5 nitrogen and oxygen atoms in total. The van der Waals surface area contributed by atoms with Gasteiger partial charge in [-0.1, -0.05) is 25.1 Å². The van der Waals surface area contributed by atoms with E-state index in [0.29, 0.717) is 13.1 Å². The third-order valence-electron chi connectivity index (χ3n) is 3.20. The van der Waals surface area contributed by atoms with Crippen molar-refractivity contribution < 1.29 is 9.53 Å². The summed E-state index contributed by atoms with van der Waals surface area (Å²) in [4.78, 5) is 16.3. The number of hydrogen-bond donors (Lipinski definition) is 2. The number of methoxy groups -OCH3 is 1. The van der Waals surface area contributed by atoms with Gasteiger partial charge in [0.1, 0.15) is 5.75 Å². The van der Waals surface area contributed by atoms with Gasteiger partial charge in [0.2, 0.25) is 0 Å². The molecule has 0 fully saturated rings. The van der Waals surface area contributed by atoms with Crippen LogP contribution in [-0.2, 0) is 19.4 Å². The highest BCUT2D eigenvalue weighted by atomic mass is 32.1. The number of ether oxygens (including phenoxy) is 1. The molecule has 0 saturated heterocycles. The molecule has 22 heavy (non-hydrogen) atoms. The highest BCUT2D eigenvalue weighted by Gasteiger charge is 2.05. The minimum absolute atomic E-state index is 0.183. The Morgan fingerprint density at radius 1 is 1.32 bits per heavy atom. The topological polar surface area (TPSA) is 63.2 Å². The number of nitrogens with one attached hydrogen (secondary N) is 2. The molecule has 1 aromatic heterocycles. The van der Waals surface area contributed by atoms with E-state index in [-0.39, 0.29) is 6.03 Å². The summed E-state index contributed by atoms with van der Waals surface area (Å²) >= 11 is 1.67. The lowest BCUT2D eigenvalue weighted by Gasteiger charge is -2.10. The zero-order chi connectivity index (χ0) is 15.8. The van der Waals surface area contributed by atoms with E-state index in [0.717, 1.165) is 34.9 Å². The van der Waals surface area contributed by atoms with Crippen molar-refractivity contribution in [2.45, 2.75) is 26.3 Å². The molecule has 0 bridgehead atoms. The minimum Gasteiger partial charge on any atom is -0.496 e. The first-order valence-corrected chi connectivity index (χ1v) is 8.17. The van der Waals surface area contributed by atoms with Gasteiger partial charge in [-0.2, -0.15) is 0 Å². The second kappa shape index (κ2) is 8.38. The van der Waals surface area contributed by atoms with Crippen molar-refractivity contribution in [2.75, 3.05) is 13.7 Å². The van der Waals surface area contributed by atoms with E-state index in [4.69, 9.17) is 4.74 Å². The minimum atomic E-state index is -0.183. The number of benzene rings is 1. The van der Waals surface area contributed by atoms with E-state index in [1.807, 2.05) is 29.6 Å². The monoisotopic (exact) mass is 319 g/mol. The summed E-state index contributed by atoms with van der Waals surface area (Å²) in [6.45, 7) is 3.10. The van der Waals surface area contributed by atoms with Crippen molar-refractivity contribution in [3.63, 3.8) is 0 Å². The largest absolute Gasteiger partial charge is 0.496 e. The smallest absolute Gasteiger partial charge is 0.315 e. The molecule has 2 amide bonds. The quantitative estimate of drug-likeness (QED) is 0.825. The lowest BCUT2D eigenvalue weighted by atomic mass is 10.2. The molecule has 0 saturated carbocycles. The van der Waals surface area contributed by atoms with Crippen LogP contribution in [0.25, 0.3) is 0 Å². The maximum atomic E-state index is 11.8. The standard InChI is InChI=1S/C16H21N3O2S/c1-3-15-19-13(11-22-15)8-9-17-16(20)18-10-12-6-4-5-7-14(12)21-2/h4-7,11H,3,8-10H2,1-2H3,(H2,17,18,20). The van der Waals surface area contributed by atoms with E-state index >= 15 is 0 Å². The maximum absolute atomic E-state index is 11.8. The molecule has 0 aliphatic rings. The molecule has 0 aliphatic heterocycles. The normalized spacial score (nSPS) is 10.3. The van der Waals surface area contributed by atoms with Crippen molar-refractivity contribution in [1.82, 2.24) is 15.6 Å². The predicted octanol–water partition coefficient (Wildman–Crippen LogP) is 2.76. The van der Waals surface area contributed by atoms with Crippen LogP contribution in [0.3, 0.4) is 0 Å². The van der Waals surface area contributed by atoms with Crippen molar-refractivity contribution in [3.05, 3.63) is 45.9 Å². The molecular formula is C16H21N3O2S. The summed E-state index contributed by atoms with van der Waals surface area (Å²) in [5.41, 5.74) is 1.99. The van der Waals surface area contributed by atoms with Gasteiger partial charge in [-0.05, 0) is 12.5 Å². The van der Waals surface area contributed by atoms with Gasteiger partial charge in [0.15, 0.2) is 0 Å². The van der Waals surface area contributed by atoms with Crippen LogP contribution >= 0.6 is 11.3 Å². The van der Waals surface area contributed by atoms with E-state index in [2.05, 4.69) is 22.5 Å². The average molecular weight is 319 g/mol. The number of aryl methyl sites for hydroxylation is 1. The summed E-state index contributed by atoms with van der Waals surface area (Å²) in [5.74, 6) is 0.775. The number of aromatic nitrogens is 1. The Morgan fingerprint density at radius 3 is 2.86 bits per heavy atom. The summed E-state index contributed by atoms with van der Waals surface area (Å²) < 4.78 is 5.25. The molecule has 2 aromatic rings. The summed E-state index contributed by atoms with van der Waals surface area (Å²) in [5, 5.41) is 8.85. The lowest BCUT2D eigenvalue weighted by molar-refractivity contribution is 0.240. The van der Waals surface area contributed by atoms with Gasteiger partial charge in [-0.25, -0.2) is 9.78 Å². The third kappa shape index (κ3) is 4.73. The van der Waals surface area contributed by atoms with Gasteiger partial charge in [0.25, 0.3) is 0 Å². The molecule has 0 radical (unpaired) electrons. The first-order chi connectivity index (χ1) is 10.7. The molecular weight excluding hydrogens is 298 g/mol. The molecule has 6 heteroatoms. The number of rotatable bonds is 7. The molecule has 118 valence electrons. The van der Waals surface area contributed by atoms with Crippen LogP contribution in [0.4, 0.5) is 4.79 Å². The number of carbonyl (C=O) groups excluding carboxylic acids is 1. The van der Waals surface area contributed by atoms with E-state index in [9.17, 15) is 4.79 Å². The van der Waals surface area contributed by atoms with Crippen LogP contribution in [0.15, 0.2) is 29.6 Å². The number of nitrogens with zero attached hydrogens (tertiary/aromatic N) is 1. The Labute approximate surface area is 134 Å². The fourth-order valence-corrected chi connectivity index (χ4v) is 2.80. The van der Waals surface area contributed by atoms with Crippen LogP contribution in [0, 0.1) is 0 Å². The molecule has 0 aliphatic carbocycles.